The minimum Gasteiger partial charge on any atom is -0.480 e. The van der Waals surface area contributed by atoms with Gasteiger partial charge in [-0.05, 0) is 18.8 Å². The highest BCUT2D eigenvalue weighted by Gasteiger charge is 2.24. The molecule has 0 aromatic rings. The summed E-state index contributed by atoms with van der Waals surface area (Å²) in [6.07, 6.45) is 4.79. The van der Waals surface area contributed by atoms with Gasteiger partial charge in [0.15, 0.2) is 0 Å². The lowest BCUT2D eigenvalue weighted by atomic mass is 10.1. The minimum absolute atomic E-state index is 0.230. The van der Waals surface area contributed by atoms with Crippen molar-refractivity contribution in [2.45, 2.75) is 25.7 Å². The zero-order valence-electron chi connectivity index (χ0n) is 11.8. The Morgan fingerprint density at radius 1 is 1.32 bits per heavy atom. The smallest absolute Gasteiger partial charge is 0.323 e. The summed E-state index contributed by atoms with van der Waals surface area (Å²) in [4.78, 5) is 26.0. The second-order valence-electron chi connectivity index (χ2n) is 5.12. The van der Waals surface area contributed by atoms with Crippen molar-refractivity contribution < 1.29 is 19.4 Å². The molecule has 19 heavy (non-hydrogen) atoms. The van der Waals surface area contributed by atoms with Crippen LogP contribution < -0.4 is 0 Å². The predicted octanol–water partition coefficient (Wildman–Crippen LogP) is 1.26. The largest absolute Gasteiger partial charge is 0.480 e. The molecule has 2 amide bonds. The fourth-order valence-corrected chi connectivity index (χ4v) is 2.51. The Morgan fingerprint density at radius 3 is 2.47 bits per heavy atom. The van der Waals surface area contributed by atoms with Crippen molar-refractivity contribution in [2.75, 3.05) is 40.4 Å². The van der Waals surface area contributed by atoms with Crippen LogP contribution in [0.25, 0.3) is 0 Å². The first-order valence-corrected chi connectivity index (χ1v) is 6.75. The molecule has 1 aliphatic carbocycles. The molecule has 0 unspecified atom stereocenters. The number of carbonyl (C=O) groups is 2. The van der Waals surface area contributed by atoms with Crippen molar-refractivity contribution >= 4 is 12.0 Å². The van der Waals surface area contributed by atoms with E-state index in [9.17, 15) is 9.59 Å². The van der Waals surface area contributed by atoms with Crippen LogP contribution in [0.4, 0.5) is 4.79 Å². The summed E-state index contributed by atoms with van der Waals surface area (Å²) in [5, 5.41) is 8.84. The molecule has 110 valence electrons. The summed E-state index contributed by atoms with van der Waals surface area (Å²) in [6.45, 7) is 1.08. The molecular weight excluding hydrogens is 248 g/mol. The number of carboxylic acid groups (broad SMARTS) is 1. The minimum atomic E-state index is -1.00. The van der Waals surface area contributed by atoms with Gasteiger partial charge in [0, 0.05) is 27.2 Å². The molecule has 1 fully saturated rings. The highest BCUT2D eigenvalue weighted by atomic mass is 16.5. The van der Waals surface area contributed by atoms with Crippen LogP contribution in [0.1, 0.15) is 25.7 Å². The Labute approximate surface area is 114 Å². The van der Waals surface area contributed by atoms with Gasteiger partial charge in [0.2, 0.25) is 0 Å². The standard InChI is InChI=1S/C13H24N2O4/c1-14(9-11-5-3-4-6-11)13(18)15(7-8-19-2)10-12(16)17/h11H,3-10H2,1-2H3,(H,16,17). The Bertz CT molecular complexity index is 303. The molecule has 0 aromatic heterocycles. The number of ether oxygens (including phenoxy) is 1. The third kappa shape index (κ3) is 5.46. The summed E-state index contributed by atoms with van der Waals surface area (Å²) < 4.78 is 4.91. The van der Waals surface area contributed by atoms with Gasteiger partial charge in [0.05, 0.1) is 6.61 Å². The number of rotatable bonds is 7. The summed E-state index contributed by atoms with van der Waals surface area (Å²) in [5.74, 6) is -0.443. The van der Waals surface area contributed by atoms with Crippen molar-refractivity contribution in [1.82, 2.24) is 9.80 Å². The Morgan fingerprint density at radius 2 is 1.95 bits per heavy atom. The Hall–Kier alpha value is -1.30. The van der Waals surface area contributed by atoms with Gasteiger partial charge in [-0.2, -0.15) is 0 Å². The molecule has 0 bridgehead atoms. The average molecular weight is 272 g/mol. The van der Waals surface area contributed by atoms with Gasteiger partial charge in [0.25, 0.3) is 0 Å². The number of nitrogens with zero attached hydrogens (tertiary/aromatic N) is 2. The molecular formula is C13H24N2O4. The number of methoxy groups -OCH3 is 1. The lowest BCUT2D eigenvalue weighted by Crippen LogP contribution is -2.46. The van der Waals surface area contributed by atoms with E-state index < -0.39 is 5.97 Å². The zero-order chi connectivity index (χ0) is 14.3. The average Bonchev–Trinajstić information content (AvgIpc) is 2.85. The van der Waals surface area contributed by atoms with E-state index in [2.05, 4.69) is 0 Å². The fourth-order valence-electron chi connectivity index (χ4n) is 2.51. The second kappa shape index (κ2) is 7.99. The van der Waals surface area contributed by atoms with Crippen LogP contribution in [0, 0.1) is 5.92 Å². The van der Waals surface area contributed by atoms with Crippen molar-refractivity contribution in [2.24, 2.45) is 5.92 Å². The normalized spacial score (nSPS) is 15.5. The maximum atomic E-state index is 12.2. The number of carboxylic acids is 1. The molecule has 6 heteroatoms. The molecule has 0 radical (unpaired) electrons. The van der Waals surface area contributed by atoms with Gasteiger partial charge in [-0.1, -0.05) is 12.8 Å². The number of carbonyl (C=O) groups excluding carboxylic acids is 1. The summed E-state index contributed by atoms with van der Waals surface area (Å²) in [6, 6.07) is -0.230. The van der Waals surface area contributed by atoms with Crippen molar-refractivity contribution in [1.29, 1.82) is 0 Å². The number of amides is 2. The van der Waals surface area contributed by atoms with Gasteiger partial charge in [0.1, 0.15) is 6.54 Å². The molecule has 0 heterocycles. The predicted molar refractivity (Wildman–Crippen MR) is 71.1 cm³/mol. The van der Waals surface area contributed by atoms with Crippen LogP contribution >= 0.6 is 0 Å². The molecule has 0 spiro atoms. The number of aliphatic carboxylic acids is 1. The highest BCUT2D eigenvalue weighted by Crippen LogP contribution is 2.25. The second-order valence-corrected chi connectivity index (χ2v) is 5.12. The van der Waals surface area contributed by atoms with Gasteiger partial charge in [-0.3, -0.25) is 4.79 Å². The van der Waals surface area contributed by atoms with Crippen LogP contribution in [0.2, 0.25) is 0 Å². The number of hydrogen-bond donors (Lipinski definition) is 1. The zero-order valence-corrected chi connectivity index (χ0v) is 11.8. The number of hydrogen-bond acceptors (Lipinski definition) is 3. The molecule has 0 atom stereocenters. The van der Waals surface area contributed by atoms with Crippen LogP contribution in [-0.4, -0.2) is 67.3 Å². The van der Waals surface area contributed by atoms with E-state index in [0.717, 1.165) is 12.8 Å². The monoisotopic (exact) mass is 272 g/mol. The lowest BCUT2D eigenvalue weighted by Gasteiger charge is -2.28. The molecule has 1 aliphatic rings. The number of urea groups is 1. The molecule has 1 rings (SSSR count). The Balaban J connectivity index is 2.49. The van der Waals surface area contributed by atoms with E-state index >= 15 is 0 Å². The molecule has 6 nitrogen and oxygen atoms in total. The van der Waals surface area contributed by atoms with Crippen LogP contribution in [-0.2, 0) is 9.53 Å². The van der Waals surface area contributed by atoms with E-state index in [1.165, 1.54) is 24.9 Å². The maximum Gasteiger partial charge on any atom is 0.323 e. The van der Waals surface area contributed by atoms with E-state index in [-0.39, 0.29) is 12.6 Å². The van der Waals surface area contributed by atoms with E-state index in [4.69, 9.17) is 9.84 Å². The van der Waals surface area contributed by atoms with Crippen molar-refractivity contribution in [3.05, 3.63) is 0 Å². The van der Waals surface area contributed by atoms with Crippen molar-refractivity contribution in [3.8, 4) is 0 Å². The van der Waals surface area contributed by atoms with Crippen LogP contribution in [0.3, 0.4) is 0 Å². The maximum absolute atomic E-state index is 12.2. The van der Waals surface area contributed by atoms with E-state index in [1.807, 2.05) is 0 Å². The quantitative estimate of drug-likeness (QED) is 0.757. The van der Waals surface area contributed by atoms with Crippen LogP contribution in [0.15, 0.2) is 0 Å². The van der Waals surface area contributed by atoms with Crippen molar-refractivity contribution in [3.63, 3.8) is 0 Å². The van der Waals surface area contributed by atoms with Crippen LogP contribution in [0.5, 0.6) is 0 Å². The first-order valence-electron chi connectivity index (χ1n) is 6.75. The van der Waals surface area contributed by atoms with Gasteiger partial charge in [-0.25, -0.2) is 4.79 Å². The first kappa shape index (κ1) is 15.8. The first-order chi connectivity index (χ1) is 9.04. The van der Waals surface area contributed by atoms with Gasteiger partial charge >= 0.3 is 12.0 Å². The lowest BCUT2D eigenvalue weighted by molar-refractivity contribution is -0.137. The van der Waals surface area contributed by atoms with Gasteiger partial charge in [-0.15, -0.1) is 0 Å². The molecule has 1 N–H and O–H groups in total. The van der Waals surface area contributed by atoms with Gasteiger partial charge < -0.3 is 19.6 Å². The van der Waals surface area contributed by atoms with E-state index in [1.54, 1.807) is 11.9 Å². The summed E-state index contributed by atoms with van der Waals surface area (Å²) in [7, 11) is 3.27. The summed E-state index contributed by atoms with van der Waals surface area (Å²) >= 11 is 0. The topological polar surface area (TPSA) is 70.1 Å². The molecule has 0 saturated heterocycles. The molecule has 0 aliphatic heterocycles. The molecule has 0 aromatic carbocycles. The fraction of sp³-hybridized carbons (Fsp3) is 0.846. The third-order valence-electron chi connectivity index (χ3n) is 3.50. The summed E-state index contributed by atoms with van der Waals surface area (Å²) in [5.41, 5.74) is 0. The molecule has 1 saturated carbocycles. The Kier molecular flexibility index (Phi) is 6.62. The SMILES string of the molecule is COCCN(CC(=O)O)C(=O)N(C)CC1CCCC1. The third-order valence-corrected chi connectivity index (χ3v) is 3.50. The van der Waals surface area contributed by atoms with E-state index in [0.29, 0.717) is 25.6 Å². The highest BCUT2D eigenvalue weighted by molar-refractivity contribution is 5.80.